The maximum absolute atomic E-state index is 10.2. The first-order valence-electron chi connectivity index (χ1n) is 4.61. The molecule has 0 bridgehead atoms. The summed E-state index contributed by atoms with van der Waals surface area (Å²) in [5.74, 6) is 7.30. The van der Waals surface area contributed by atoms with E-state index in [0.717, 1.165) is 13.1 Å². The summed E-state index contributed by atoms with van der Waals surface area (Å²) in [7, 11) is 0. The SMILES string of the molecule is [CH2]C#CC(C=C=O)N1CCCCC1. The fraction of sp³-hybridized carbons (Fsp3) is 0.545. The van der Waals surface area contributed by atoms with E-state index in [0.29, 0.717) is 0 Å². The van der Waals surface area contributed by atoms with Gasteiger partial charge in [-0.2, -0.15) is 0 Å². The largest absolute Gasteiger partial charge is 0.286 e. The zero-order valence-corrected chi connectivity index (χ0v) is 7.75. The van der Waals surface area contributed by atoms with Gasteiger partial charge >= 0.3 is 0 Å². The second-order valence-electron chi connectivity index (χ2n) is 3.15. The molecule has 1 radical (unpaired) electrons. The smallest absolute Gasteiger partial charge is 0.122 e. The van der Waals surface area contributed by atoms with Crippen molar-refractivity contribution in [3.8, 4) is 11.8 Å². The van der Waals surface area contributed by atoms with Crippen LogP contribution in [0.25, 0.3) is 0 Å². The molecule has 1 fully saturated rings. The molecule has 1 aliphatic heterocycles. The summed E-state index contributed by atoms with van der Waals surface area (Å²) in [6.07, 6.45) is 5.15. The number of carbonyl (C=O) groups excluding carboxylic acids is 1. The molecule has 0 saturated carbocycles. The molecule has 1 saturated heterocycles. The predicted octanol–water partition coefficient (Wildman–Crippen LogP) is 1.07. The van der Waals surface area contributed by atoms with Crippen molar-refractivity contribution in [2.75, 3.05) is 13.1 Å². The molecular weight excluding hydrogens is 162 g/mol. The highest BCUT2D eigenvalue weighted by Gasteiger charge is 2.16. The third kappa shape index (κ3) is 3.06. The topological polar surface area (TPSA) is 20.3 Å². The monoisotopic (exact) mass is 176 g/mol. The first-order chi connectivity index (χ1) is 6.38. The van der Waals surface area contributed by atoms with Crippen LogP contribution >= 0.6 is 0 Å². The van der Waals surface area contributed by atoms with Crippen molar-refractivity contribution in [3.63, 3.8) is 0 Å². The number of rotatable bonds is 2. The Balaban J connectivity index is 2.60. The van der Waals surface area contributed by atoms with Crippen molar-refractivity contribution in [2.45, 2.75) is 25.3 Å². The summed E-state index contributed by atoms with van der Waals surface area (Å²) in [6.45, 7) is 5.52. The molecule has 1 heterocycles. The van der Waals surface area contributed by atoms with E-state index >= 15 is 0 Å². The van der Waals surface area contributed by atoms with Gasteiger partial charge in [0.15, 0.2) is 0 Å². The minimum Gasteiger partial charge on any atom is -0.286 e. The second kappa shape index (κ2) is 5.59. The first kappa shape index (κ1) is 10.1. The van der Waals surface area contributed by atoms with Crippen LogP contribution in [-0.4, -0.2) is 30.0 Å². The van der Waals surface area contributed by atoms with Crippen LogP contribution in [0.5, 0.6) is 0 Å². The third-order valence-electron chi connectivity index (χ3n) is 2.26. The Morgan fingerprint density at radius 2 is 2.00 bits per heavy atom. The summed E-state index contributed by atoms with van der Waals surface area (Å²) >= 11 is 0. The Hall–Kier alpha value is -1.03. The Labute approximate surface area is 79.6 Å². The van der Waals surface area contributed by atoms with Crippen molar-refractivity contribution < 1.29 is 4.79 Å². The first-order valence-corrected chi connectivity index (χ1v) is 4.61. The average Bonchev–Trinajstić information content (AvgIpc) is 2.19. The highest BCUT2D eigenvalue weighted by molar-refractivity contribution is 5.48. The number of piperidine rings is 1. The van der Waals surface area contributed by atoms with E-state index < -0.39 is 0 Å². The lowest BCUT2D eigenvalue weighted by Gasteiger charge is -2.29. The maximum Gasteiger partial charge on any atom is 0.122 e. The van der Waals surface area contributed by atoms with Gasteiger partial charge < -0.3 is 0 Å². The Bertz CT molecular complexity index is 249. The lowest BCUT2D eigenvalue weighted by atomic mass is 10.1. The molecule has 1 unspecified atom stereocenters. The number of likely N-dealkylation sites (tertiary alicyclic amines) is 1. The van der Waals surface area contributed by atoms with Crippen molar-refractivity contribution in [1.82, 2.24) is 4.90 Å². The van der Waals surface area contributed by atoms with E-state index in [1.165, 1.54) is 25.3 Å². The fourth-order valence-corrected chi connectivity index (χ4v) is 1.60. The molecule has 0 N–H and O–H groups in total. The molecule has 1 rings (SSSR count). The fourth-order valence-electron chi connectivity index (χ4n) is 1.60. The van der Waals surface area contributed by atoms with Gasteiger partial charge in [0.2, 0.25) is 0 Å². The van der Waals surface area contributed by atoms with Gasteiger partial charge in [0, 0.05) is 13.0 Å². The molecule has 13 heavy (non-hydrogen) atoms. The minimum atomic E-state index is -0.0738. The molecule has 0 aromatic carbocycles. The number of hydrogen-bond donors (Lipinski definition) is 0. The zero-order valence-electron chi connectivity index (χ0n) is 7.75. The molecule has 0 aliphatic carbocycles. The molecule has 2 heteroatoms. The van der Waals surface area contributed by atoms with Crippen LogP contribution in [0.3, 0.4) is 0 Å². The van der Waals surface area contributed by atoms with Gasteiger partial charge in [-0.3, -0.25) is 4.90 Å². The quantitative estimate of drug-likeness (QED) is 0.463. The van der Waals surface area contributed by atoms with Crippen LogP contribution in [0, 0.1) is 18.8 Å². The summed E-state index contributed by atoms with van der Waals surface area (Å²) < 4.78 is 0. The number of nitrogens with zero attached hydrogens (tertiary/aromatic N) is 1. The van der Waals surface area contributed by atoms with Crippen LogP contribution in [0.1, 0.15) is 19.3 Å². The van der Waals surface area contributed by atoms with E-state index in [-0.39, 0.29) is 6.04 Å². The second-order valence-corrected chi connectivity index (χ2v) is 3.15. The summed E-state index contributed by atoms with van der Waals surface area (Å²) in [4.78, 5) is 12.4. The average molecular weight is 176 g/mol. The summed E-state index contributed by atoms with van der Waals surface area (Å²) in [5, 5.41) is 0. The molecule has 0 amide bonds. The van der Waals surface area contributed by atoms with Gasteiger partial charge in [0.05, 0.1) is 0 Å². The zero-order chi connectivity index (χ0) is 9.52. The van der Waals surface area contributed by atoms with Crippen molar-refractivity contribution in [1.29, 1.82) is 0 Å². The summed E-state index contributed by atoms with van der Waals surface area (Å²) in [6, 6.07) is -0.0738. The van der Waals surface area contributed by atoms with Gasteiger partial charge in [0.1, 0.15) is 12.0 Å². The standard InChI is InChI=1S/C11H14NO/c1-2-6-11(7-10-13)12-8-4-3-5-9-12/h7,11H,1,3-5,8-9H2. The normalized spacial score (nSPS) is 19.5. The van der Waals surface area contributed by atoms with E-state index in [2.05, 4.69) is 23.7 Å². The van der Waals surface area contributed by atoms with E-state index in [1.54, 1.807) is 5.94 Å². The van der Waals surface area contributed by atoms with E-state index in [9.17, 15) is 4.79 Å². The van der Waals surface area contributed by atoms with E-state index in [1.807, 2.05) is 0 Å². The summed E-state index contributed by atoms with van der Waals surface area (Å²) in [5.41, 5.74) is 0. The van der Waals surface area contributed by atoms with Crippen molar-refractivity contribution in [2.24, 2.45) is 0 Å². The van der Waals surface area contributed by atoms with Crippen molar-refractivity contribution >= 4 is 5.94 Å². The molecular formula is C11H14NO. The maximum atomic E-state index is 10.2. The molecule has 0 aromatic rings. The molecule has 2 nitrogen and oxygen atoms in total. The van der Waals surface area contributed by atoms with Gasteiger partial charge in [-0.25, -0.2) is 4.79 Å². The lowest BCUT2D eigenvalue weighted by Crippen LogP contribution is -2.37. The number of hydrogen-bond acceptors (Lipinski definition) is 2. The van der Waals surface area contributed by atoms with Crippen LogP contribution in [0.4, 0.5) is 0 Å². The van der Waals surface area contributed by atoms with Crippen LogP contribution < -0.4 is 0 Å². The highest BCUT2D eigenvalue weighted by atomic mass is 16.1. The molecule has 1 atom stereocenters. The minimum absolute atomic E-state index is 0.0738. The van der Waals surface area contributed by atoms with Gasteiger partial charge in [-0.1, -0.05) is 12.3 Å². The molecule has 1 aliphatic rings. The third-order valence-corrected chi connectivity index (χ3v) is 2.26. The molecule has 0 spiro atoms. The molecule has 69 valence electrons. The van der Waals surface area contributed by atoms with Crippen LogP contribution in [0.2, 0.25) is 0 Å². The van der Waals surface area contributed by atoms with Crippen LogP contribution in [-0.2, 0) is 4.79 Å². The Kier molecular flexibility index (Phi) is 4.32. The van der Waals surface area contributed by atoms with Crippen molar-refractivity contribution in [3.05, 3.63) is 13.0 Å². The predicted molar refractivity (Wildman–Crippen MR) is 52.6 cm³/mol. The van der Waals surface area contributed by atoms with Gasteiger partial charge in [-0.15, -0.1) is 5.92 Å². The van der Waals surface area contributed by atoms with Gasteiger partial charge in [0.25, 0.3) is 0 Å². The van der Waals surface area contributed by atoms with E-state index in [4.69, 9.17) is 0 Å². The van der Waals surface area contributed by atoms with Crippen LogP contribution in [0.15, 0.2) is 6.08 Å². The highest BCUT2D eigenvalue weighted by Crippen LogP contribution is 2.11. The Morgan fingerprint density at radius 3 is 2.54 bits per heavy atom. The van der Waals surface area contributed by atoms with Gasteiger partial charge in [-0.05, 0) is 25.9 Å². The Morgan fingerprint density at radius 1 is 1.31 bits per heavy atom. The lowest BCUT2D eigenvalue weighted by molar-refractivity contribution is 0.221. The molecule has 0 aromatic heterocycles.